The van der Waals surface area contributed by atoms with Gasteiger partial charge in [-0.3, -0.25) is 9.59 Å². The molecule has 0 unspecified atom stereocenters. The van der Waals surface area contributed by atoms with Crippen LogP contribution in [0.3, 0.4) is 0 Å². The van der Waals surface area contributed by atoms with E-state index in [-0.39, 0.29) is 18.1 Å². The van der Waals surface area contributed by atoms with E-state index in [1.807, 2.05) is 30.3 Å². The second kappa shape index (κ2) is 8.67. The molecule has 0 bridgehead atoms. The summed E-state index contributed by atoms with van der Waals surface area (Å²) in [5, 5.41) is 3.18. The number of carbonyl (C=O) groups excluding carboxylic acids is 2. The molecule has 28 heavy (non-hydrogen) atoms. The lowest BCUT2D eigenvalue weighted by atomic mass is 10.1. The summed E-state index contributed by atoms with van der Waals surface area (Å²) in [6.07, 6.45) is 0.114. The lowest BCUT2D eigenvalue weighted by Gasteiger charge is -2.10. The Hall–Kier alpha value is -3.19. The largest absolute Gasteiger partial charge is 0.497 e. The molecule has 0 saturated heterocycles. The molecule has 3 rings (SSSR count). The molecule has 0 atom stereocenters. The number of carbonyl (C=O) groups is 2. The molecule has 0 aliphatic heterocycles. The number of aromatic nitrogens is 1. The van der Waals surface area contributed by atoms with Crippen molar-refractivity contribution in [1.82, 2.24) is 4.98 Å². The Morgan fingerprint density at radius 3 is 2.46 bits per heavy atom. The Labute approximate surface area is 167 Å². The van der Waals surface area contributed by atoms with Crippen LogP contribution in [0.5, 0.6) is 11.5 Å². The van der Waals surface area contributed by atoms with Gasteiger partial charge in [0.2, 0.25) is 5.91 Å². The number of rotatable bonds is 7. The molecule has 3 aromatic rings. The third-order valence-corrected chi connectivity index (χ3v) is 5.16. The number of thiazole rings is 1. The van der Waals surface area contributed by atoms with Crippen molar-refractivity contribution in [2.75, 3.05) is 19.5 Å². The molecule has 0 radical (unpaired) electrons. The maximum absolute atomic E-state index is 12.5. The van der Waals surface area contributed by atoms with E-state index >= 15 is 0 Å². The van der Waals surface area contributed by atoms with Gasteiger partial charge in [-0.15, -0.1) is 0 Å². The van der Waals surface area contributed by atoms with Crippen molar-refractivity contribution in [3.8, 4) is 22.8 Å². The van der Waals surface area contributed by atoms with Crippen LogP contribution in [0.2, 0.25) is 0 Å². The van der Waals surface area contributed by atoms with Gasteiger partial charge in [-0.2, -0.15) is 0 Å². The third kappa shape index (κ3) is 4.37. The van der Waals surface area contributed by atoms with Crippen LogP contribution in [0.25, 0.3) is 11.3 Å². The number of ether oxygens (including phenoxy) is 2. The number of ketones is 1. The number of hydrogen-bond donors (Lipinski definition) is 1. The van der Waals surface area contributed by atoms with Crippen LogP contribution in [0.15, 0.2) is 48.5 Å². The van der Waals surface area contributed by atoms with Crippen molar-refractivity contribution in [2.24, 2.45) is 0 Å². The normalized spacial score (nSPS) is 10.4. The third-order valence-electron chi connectivity index (χ3n) is 4.09. The van der Waals surface area contributed by atoms with Gasteiger partial charge in [0.05, 0.1) is 31.2 Å². The van der Waals surface area contributed by atoms with Crippen molar-refractivity contribution in [2.45, 2.75) is 13.3 Å². The molecule has 0 saturated carbocycles. The zero-order valence-electron chi connectivity index (χ0n) is 15.8. The summed E-state index contributed by atoms with van der Waals surface area (Å²) in [7, 11) is 3.11. The van der Waals surface area contributed by atoms with E-state index in [1.165, 1.54) is 18.3 Å². The standard InChI is InChI=1S/C21H20N2O4S/c1-13(24)20-19(14-7-5-4-6-8-14)23-21(28-20)22-18(25)11-15-9-10-16(26-2)12-17(15)27-3/h4-10,12H,11H2,1-3H3,(H,22,23,25). The summed E-state index contributed by atoms with van der Waals surface area (Å²) in [5.41, 5.74) is 2.14. The SMILES string of the molecule is COc1ccc(CC(=O)Nc2nc(-c3ccccc3)c(C(C)=O)s2)c(OC)c1. The number of methoxy groups -OCH3 is 2. The molecule has 1 N–H and O–H groups in total. The highest BCUT2D eigenvalue weighted by atomic mass is 32.1. The maximum atomic E-state index is 12.5. The zero-order chi connectivity index (χ0) is 20.1. The van der Waals surface area contributed by atoms with Gasteiger partial charge in [-0.05, 0) is 6.07 Å². The fourth-order valence-electron chi connectivity index (χ4n) is 2.74. The topological polar surface area (TPSA) is 77.5 Å². The fraction of sp³-hybridized carbons (Fsp3) is 0.190. The molecule has 6 nitrogen and oxygen atoms in total. The van der Waals surface area contributed by atoms with Gasteiger partial charge < -0.3 is 14.8 Å². The Kier molecular flexibility index (Phi) is 6.06. The first-order valence-electron chi connectivity index (χ1n) is 8.59. The van der Waals surface area contributed by atoms with Gasteiger partial charge in [-0.25, -0.2) is 4.98 Å². The van der Waals surface area contributed by atoms with Crippen LogP contribution in [-0.4, -0.2) is 30.9 Å². The van der Waals surface area contributed by atoms with Crippen LogP contribution in [0.1, 0.15) is 22.2 Å². The highest BCUT2D eigenvalue weighted by molar-refractivity contribution is 7.18. The first-order valence-corrected chi connectivity index (χ1v) is 9.41. The van der Waals surface area contributed by atoms with Gasteiger partial charge in [0, 0.05) is 24.1 Å². The van der Waals surface area contributed by atoms with Gasteiger partial charge >= 0.3 is 0 Å². The predicted molar refractivity (Wildman–Crippen MR) is 109 cm³/mol. The van der Waals surface area contributed by atoms with E-state index in [1.54, 1.807) is 32.4 Å². The summed E-state index contributed by atoms with van der Waals surface area (Å²) in [6.45, 7) is 1.49. The average molecular weight is 396 g/mol. The van der Waals surface area contributed by atoms with Crippen LogP contribution in [-0.2, 0) is 11.2 Å². The lowest BCUT2D eigenvalue weighted by Crippen LogP contribution is -2.14. The number of anilines is 1. The monoisotopic (exact) mass is 396 g/mol. The molecule has 2 aromatic carbocycles. The Morgan fingerprint density at radius 2 is 1.82 bits per heavy atom. The first-order chi connectivity index (χ1) is 13.5. The summed E-state index contributed by atoms with van der Waals surface area (Å²) in [6, 6.07) is 14.7. The van der Waals surface area contributed by atoms with E-state index in [0.717, 1.165) is 11.1 Å². The molecule has 144 valence electrons. The number of benzene rings is 2. The van der Waals surface area contributed by atoms with E-state index in [9.17, 15) is 9.59 Å². The van der Waals surface area contributed by atoms with Gasteiger partial charge in [-0.1, -0.05) is 47.7 Å². The molecule has 0 aliphatic carbocycles. The van der Waals surface area contributed by atoms with Crippen LogP contribution >= 0.6 is 11.3 Å². The second-order valence-corrected chi connectivity index (χ2v) is 7.02. The smallest absolute Gasteiger partial charge is 0.230 e. The minimum Gasteiger partial charge on any atom is -0.497 e. The van der Waals surface area contributed by atoms with Crippen LogP contribution in [0.4, 0.5) is 5.13 Å². The van der Waals surface area contributed by atoms with Gasteiger partial charge in [0.1, 0.15) is 11.5 Å². The number of hydrogen-bond acceptors (Lipinski definition) is 6. The van der Waals surface area contributed by atoms with Crippen molar-refractivity contribution in [1.29, 1.82) is 0 Å². The van der Waals surface area contributed by atoms with E-state index < -0.39 is 0 Å². The van der Waals surface area contributed by atoms with E-state index in [0.29, 0.717) is 27.2 Å². The molecule has 1 heterocycles. The average Bonchev–Trinajstić information content (AvgIpc) is 3.13. The highest BCUT2D eigenvalue weighted by Gasteiger charge is 2.18. The summed E-state index contributed by atoms with van der Waals surface area (Å²) >= 11 is 1.17. The van der Waals surface area contributed by atoms with Crippen molar-refractivity contribution >= 4 is 28.2 Å². The number of nitrogens with zero attached hydrogens (tertiary/aromatic N) is 1. The Morgan fingerprint density at radius 1 is 1.07 bits per heavy atom. The minimum absolute atomic E-state index is 0.0892. The fourth-order valence-corrected chi connectivity index (χ4v) is 3.64. The molecular formula is C21H20N2O4S. The van der Waals surface area contributed by atoms with E-state index in [2.05, 4.69) is 10.3 Å². The molecular weight excluding hydrogens is 376 g/mol. The van der Waals surface area contributed by atoms with Crippen molar-refractivity contribution < 1.29 is 19.1 Å². The highest BCUT2D eigenvalue weighted by Crippen LogP contribution is 2.32. The summed E-state index contributed by atoms with van der Waals surface area (Å²) in [4.78, 5) is 29.5. The molecule has 1 aromatic heterocycles. The zero-order valence-corrected chi connectivity index (χ0v) is 16.6. The van der Waals surface area contributed by atoms with Crippen LogP contribution < -0.4 is 14.8 Å². The lowest BCUT2D eigenvalue weighted by molar-refractivity contribution is -0.115. The van der Waals surface area contributed by atoms with Gasteiger partial charge in [0.25, 0.3) is 0 Å². The molecule has 1 amide bonds. The van der Waals surface area contributed by atoms with Crippen LogP contribution in [0, 0.1) is 0 Å². The van der Waals surface area contributed by atoms with E-state index in [4.69, 9.17) is 9.47 Å². The minimum atomic E-state index is -0.244. The maximum Gasteiger partial charge on any atom is 0.230 e. The van der Waals surface area contributed by atoms with Gasteiger partial charge in [0.15, 0.2) is 10.9 Å². The Balaban J connectivity index is 1.80. The molecule has 0 fully saturated rings. The first kappa shape index (κ1) is 19.6. The second-order valence-electron chi connectivity index (χ2n) is 6.02. The molecule has 7 heteroatoms. The van der Waals surface area contributed by atoms with Crippen molar-refractivity contribution in [3.63, 3.8) is 0 Å². The quantitative estimate of drug-likeness (QED) is 0.605. The number of nitrogens with one attached hydrogen (secondary N) is 1. The molecule has 0 aliphatic rings. The number of Topliss-reactive ketones (excluding diaryl/α,β-unsaturated/α-hetero) is 1. The summed E-state index contributed by atoms with van der Waals surface area (Å²) < 4.78 is 10.5. The predicted octanol–water partition coefficient (Wildman–Crippen LogP) is 4.21. The summed E-state index contributed by atoms with van der Waals surface area (Å²) in [5.74, 6) is 0.892. The number of amides is 1. The Bertz CT molecular complexity index is 999. The molecule has 0 spiro atoms. The van der Waals surface area contributed by atoms with Crippen molar-refractivity contribution in [3.05, 3.63) is 59.0 Å².